The van der Waals surface area contributed by atoms with E-state index < -0.39 is 0 Å². The standard InChI is InChI=1S/C20H21BrN2O3/c21-18-9-5-4-8-17(18)20(25)23-12-16-10-14(13-26-16)11-22-19(24)15-6-2-1-3-7-15/h1-9,14,16H,10-13H2,(H,22,24)(H,23,25). The Labute approximate surface area is 161 Å². The van der Waals surface area contributed by atoms with Crippen molar-refractivity contribution in [2.75, 3.05) is 19.7 Å². The van der Waals surface area contributed by atoms with E-state index in [0.29, 0.717) is 30.8 Å². The third-order valence-corrected chi connectivity index (χ3v) is 5.05. The summed E-state index contributed by atoms with van der Waals surface area (Å²) in [7, 11) is 0. The molecule has 1 aliphatic rings. The van der Waals surface area contributed by atoms with E-state index >= 15 is 0 Å². The van der Waals surface area contributed by atoms with Crippen molar-refractivity contribution in [1.82, 2.24) is 10.6 Å². The van der Waals surface area contributed by atoms with Crippen molar-refractivity contribution in [3.8, 4) is 0 Å². The topological polar surface area (TPSA) is 67.4 Å². The summed E-state index contributed by atoms with van der Waals surface area (Å²) >= 11 is 3.38. The molecule has 1 saturated heterocycles. The summed E-state index contributed by atoms with van der Waals surface area (Å²) in [5, 5.41) is 5.86. The molecule has 1 heterocycles. The molecule has 0 aliphatic carbocycles. The van der Waals surface area contributed by atoms with E-state index in [0.717, 1.165) is 10.9 Å². The summed E-state index contributed by atoms with van der Waals surface area (Å²) in [5.41, 5.74) is 1.26. The zero-order valence-electron chi connectivity index (χ0n) is 14.3. The lowest BCUT2D eigenvalue weighted by molar-refractivity contribution is 0.0842. The number of hydrogen-bond donors (Lipinski definition) is 2. The van der Waals surface area contributed by atoms with Gasteiger partial charge in [0.15, 0.2) is 0 Å². The number of ether oxygens (including phenoxy) is 1. The summed E-state index contributed by atoms with van der Waals surface area (Å²) in [6.45, 7) is 1.62. The van der Waals surface area contributed by atoms with Crippen molar-refractivity contribution >= 4 is 27.7 Å². The lowest BCUT2D eigenvalue weighted by Crippen LogP contribution is -2.32. The second-order valence-corrected chi connectivity index (χ2v) is 7.18. The molecule has 136 valence electrons. The lowest BCUT2D eigenvalue weighted by Gasteiger charge is -2.12. The molecule has 2 N–H and O–H groups in total. The first kappa shape index (κ1) is 18.6. The molecule has 1 fully saturated rings. The molecule has 0 spiro atoms. The Balaban J connectivity index is 1.41. The van der Waals surface area contributed by atoms with Crippen LogP contribution >= 0.6 is 15.9 Å². The van der Waals surface area contributed by atoms with Gasteiger partial charge in [0.1, 0.15) is 0 Å². The number of hydrogen-bond acceptors (Lipinski definition) is 3. The van der Waals surface area contributed by atoms with Gasteiger partial charge >= 0.3 is 0 Å². The maximum Gasteiger partial charge on any atom is 0.252 e. The highest BCUT2D eigenvalue weighted by Gasteiger charge is 2.26. The van der Waals surface area contributed by atoms with Crippen LogP contribution in [0, 0.1) is 5.92 Å². The second-order valence-electron chi connectivity index (χ2n) is 6.32. The third-order valence-electron chi connectivity index (χ3n) is 4.36. The number of carbonyl (C=O) groups excluding carboxylic acids is 2. The number of carbonyl (C=O) groups is 2. The summed E-state index contributed by atoms with van der Waals surface area (Å²) in [4.78, 5) is 24.3. The first-order valence-electron chi connectivity index (χ1n) is 8.61. The summed E-state index contributed by atoms with van der Waals surface area (Å²) in [6, 6.07) is 16.5. The Morgan fingerprint density at radius 2 is 1.65 bits per heavy atom. The number of rotatable bonds is 6. The van der Waals surface area contributed by atoms with Gasteiger partial charge in [0.05, 0.1) is 18.3 Å². The smallest absolute Gasteiger partial charge is 0.252 e. The minimum absolute atomic E-state index is 0.0277. The lowest BCUT2D eigenvalue weighted by atomic mass is 10.1. The van der Waals surface area contributed by atoms with Crippen molar-refractivity contribution in [3.05, 3.63) is 70.2 Å². The summed E-state index contributed by atoms with van der Waals surface area (Å²) in [6.07, 6.45) is 0.783. The maximum atomic E-state index is 12.2. The number of amides is 2. The van der Waals surface area contributed by atoms with Gasteiger partial charge in [-0.2, -0.15) is 0 Å². The average Bonchev–Trinajstić information content (AvgIpc) is 3.13. The van der Waals surface area contributed by atoms with Gasteiger partial charge in [0.25, 0.3) is 11.8 Å². The summed E-state index contributed by atoms with van der Waals surface area (Å²) in [5.74, 6) is 0.0613. The predicted molar refractivity (Wildman–Crippen MR) is 103 cm³/mol. The van der Waals surface area contributed by atoms with E-state index in [1.165, 1.54) is 0 Å². The van der Waals surface area contributed by atoms with Gasteiger partial charge in [0.2, 0.25) is 0 Å². The molecule has 1 aliphatic heterocycles. The Morgan fingerprint density at radius 1 is 0.962 bits per heavy atom. The second kappa shape index (κ2) is 8.96. The monoisotopic (exact) mass is 416 g/mol. The fourth-order valence-electron chi connectivity index (χ4n) is 2.94. The largest absolute Gasteiger partial charge is 0.376 e. The minimum Gasteiger partial charge on any atom is -0.376 e. The molecule has 2 atom stereocenters. The van der Waals surface area contributed by atoms with Gasteiger partial charge in [-0.15, -0.1) is 0 Å². The van der Waals surface area contributed by atoms with Crippen LogP contribution in [0.1, 0.15) is 27.1 Å². The van der Waals surface area contributed by atoms with E-state index in [1.54, 1.807) is 18.2 Å². The first-order valence-corrected chi connectivity index (χ1v) is 9.40. The first-order chi connectivity index (χ1) is 12.6. The van der Waals surface area contributed by atoms with Crippen molar-refractivity contribution < 1.29 is 14.3 Å². The van der Waals surface area contributed by atoms with E-state index in [-0.39, 0.29) is 23.8 Å². The molecular weight excluding hydrogens is 396 g/mol. The van der Waals surface area contributed by atoms with Crippen LogP contribution < -0.4 is 10.6 Å². The molecule has 6 heteroatoms. The SMILES string of the molecule is O=C(NCC1COC(CNC(=O)c2ccccc2Br)C1)c1ccccc1. The summed E-state index contributed by atoms with van der Waals surface area (Å²) < 4.78 is 6.51. The van der Waals surface area contributed by atoms with Crippen molar-refractivity contribution in [2.45, 2.75) is 12.5 Å². The molecule has 3 rings (SSSR count). The predicted octanol–water partition coefficient (Wildman–Crippen LogP) is 3.01. The van der Waals surface area contributed by atoms with Gasteiger partial charge in [-0.1, -0.05) is 30.3 Å². The van der Waals surface area contributed by atoms with Crippen LogP contribution in [0.25, 0.3) is 0 Å². The fourth-order valence-corrected chi connectivity index (χ4v) is 3.41. The van der Waals surface area contributed by atoms with Gasteiger partial charge < -0.3 is 15.4 Å². The Bertz CT molecular complexity index is 767. The Hall–Kier alpha value is -2.18. The van der Waals surface area contributed by atoms with Crippen LogP contribution in [0.4, 0.5) is 0 Å². The molecule has 0 aromatic heterocycles. The zero-order valence-corrected chi connectivity index (χ0v) is 15.9. The molecule has 2 amide bonds. The molecular formula is C20H21BrN2O3. The minimum atomic E-state index is -0.123. The van der Waals surface area contributed by atoms with Crippen molar-refractivity contribution in [1.29, 1.82) is 0 Å². The molecule has 0 bridgehead atoms. The van der Waals surface area contributed by atoms with Crippen LogP contribution in [0.5, 0.6) is 0 Å². The quantitative estimate of drug-likeness (QED) is 0.760. The van der Waals surface area contributed by atoms with Crippen LogP contribution in [-0.4, -0.2) is 37.6 Å². The van der Waals surface area contributed by atoms with Crippen LogP contribution in [0.2, 0.25) is 0 Å². The zero-order chi connectivity index (χ0) is 18.4. The molecule has 2 aromatic rings. The highest BCUT2D eigenvalue weighted by atomic mass is 79.9. The van der Waals surface area contributed by atoms with E-state index in [4.69, 9.17) is 4.74 Å². The highest BCUT2D eigenvalue weighted by Crippen LogP contribution is 2.19. The Kier molecular flexibility index (Phi) is 6.41. The van der Waals surface area contributed by atoms with E-state index in [2.05, 4.69) is 26.6 Å². The molecule has 2 aromatic carbocycles. The number of nitrogens with one attached hydrogen (secondary N) is 2. The number of benzene rings is 2. The van der Waals surface area contributed by atoms with Crippen molar-refractivity contribution in [3.63, 3.8) is 0 Å². The molecule has 5 nitrogen and oxygen atoms in total. The van der Waals surface area contributed by atoms with Crippen LogP contribution in [-0.2, 0) is 4.74 Å². The van der Waals surface area contributed by atoms with Gasteiger partial charge in [-0.25, -0.2) is 0 Å². The average molecular weight is 417 g/mol. The van der Waals surface area contributed by atoms with Crippen LogP contribution in [0.3, 0.4) is 0 Å². The molecule has 0 saturated carbocycles. The van der Waals surface area contributed by atoms with Crippen molar-refractivity contribution in [2.24, 2.45) is 5.92 Å². The third kappa shape index (κ3) is 4.93. The fraction of sp³-hybridized carbons (Fsp3) is 0.300. The maximum absolute atomic E-state index is 12.2. The van der Waals surface area contributed by atoms with E-state index in [9.17, 15) is 9.59 Å². The molecule has 26 heavy (non-hydrogen) atoms. The van der Waals surface area contributed by atoms with Gasteiger partial charge in [-0.05, 0) is 46.6 Å². The normalized spacial score (nSPS) is 19.1. The molecule has 0 radical (unpaired) electrons. The Morgan fingerprint density at radius 3 is 2.42 bits per heavy atom. The number of halogens is 1. The van der Waals surface area contributed by atoms with E-state index in [1.807, 2.05) is 36.4 Å². The van der Waals surface area contributed by atoms with Gasteiger partial charge in [0, 0.05) is 29.0 Å². The van der Waals surface area contributed by atoms with Gasteiger partial charge in [-0.3, -0.25) is 9.59 Å². The highest BCUT2D eigenvalue weighted by molar-refractivity contribution is 9.10. The molecule has 2 unspecified atom stereocenters. The van der Waals surface area contributed by atoms with Crippen LogP contribution in [0.15, 0.2) is 59.1 Å².